The average Bonchev–Trinajstić information content (AvgIpc) is 3.06. The van der Waals surface area contributed by atoms with Gasteiger partial charge in [0.2, 0.25) is 0 Å². The molecule has 0 spiro atoms. The van der Waals surface area contributed by atoms with E-state index in [2.05, 4.69) is 34.2 Å². The molecular formula is C18H27Cl2NTi-6. The van der Waals surface area contributed by atoms with Gasteiger partial charge in [-0.3, -0.25) is 6.08 Å². The van der Waals surface area contributed by atoms with Crippen molar-refractivity contribution in [3.63, 3.8) is 0 Å². The Morgan fingerprint density at radius 2 is 1.59 bits per heavy atom. The van der Waals surface area contributed by atoms with Gasteiger partial charge in [0.15, 0.2) is 0 Å². The van der Waals surface area contributed by atoms with Gasteiger partial charge in [0.25, 0.3) is 0 Å². The van der Waals surface area contributed by atoms with Crippen LogP contribution in [0.3, 0.4) is 0 Å². The van der Waals surface area contributed by atoms with E-state index >= 15 is 0 Å². The van der Waals surface area contributed by atoms with Crippen LogP contribution in [0.4, 0.5) is 0 Å². The minimum atomic E-state index is 0. The summed E-state index contributed by atoms with van der Waals surface area (Å²) in [4.78, 5) is 6.24. The number of rotatable bonds is 0. The number of allylic oxidation sites excluding steroid dienone is 4. The molecule has 2 aromatic rings. The van der Waals surface area contributed by atoms with E-state index in [1.165, 1.54) is 5.39 Å². The van der Waals surface area contributed by atoms with Gasteiger partial charge in [-0.2, -0.15) is 17.5 Å². The largest absolute Gasteiger partial charge is 0.477 e. The molecule has 0 amide bonds. The number of aromatic nitrogens is 1. The van der Waals surface area contributed by atoms with Gasteiger partial charge >= 0.3 is 24.8 Å². The van der Waals surface area contributed by atoms with Gasteiger partial charge in [0.1, 0.15) is 0 Å². The SMILES string of the molecule is Cl.Cl.[C-]1=CC=CC1.[CH2]=[Ti].[CH3-].[CH3-].[CH3-].[CH3-].[c-]1cc2ccccc2[nH]1. The maximum atomic E-state index is 3.25. The monoisotopic (exact) mass is 375 g/mol. The van der Waals surface area contributed by atoms with Crippen LogP contribution >= 0.6 is 24.8 Å². The molecule has 1 nitrogen and oxygen atoms in total. The number of para-hydroxylation sites is 1. The Kier molecular flexibility index (Phi) is 43.3. The molecule has 0 bridgehead atoms. The minimum absolute atomic E-state index is 0. The summed E-state index contributed by atoms with van der Waals surface area (Å²) in [6.45, 7) is 0. The van der Waals surface area contributed by atoms with Gasteiger partial charge in [0, 0.05) is 0 Å². The van der Waals surface area contributed by atoms with Crippen molar-refractivity contribution in [3.8, 4) is 0 Å². The predicted molar refractivity (Wildman–Crippen MR) is 106 cm³/mol. The molecule has 1 aliphatic rings. The number of hydrogen-bond donors (Lipinski definition) is 1. The number of H-pyrrole nitrogens is 1. The summed E-state index contributed by atoms with van der Waals surface area (Å²) in [7, 11) is 0. The average molecular weight is 376 g/mol. The molecule has 0 saturated heterocycles. The minimum Gasteiger partial charge on any atom is -0.477 e. The molecule has 0 unspecified atom stereocenters. The van der Waals surface area contributed by atoms with Gasteiger partial charge in [-0.25, -0.2) is 12.2 Å². The molecule has 128 valence electrons. The second-order valence-corrected chi connectivity index (χ2v) is 3.00. The van der Waals surface area contributed by atoms with Crippen LogP contribution in [0.15, 0.2) is 48.6 Å². The van der Waals surface area contributed by atoms with Gasteiger partial charge in [-0.15, -0.1) is 55.1 Å². The Labute approximate surface area is 162 Å². The van der Waals surface area contributed by atoms with E-state index in [1.807, 2.05) is 36.4 Å². The van der Waals surface area contributed by atoms with Gasteiger partial charge in [0.05, 0.1) is 0 Å². The van der Waals surface area contributed by atoms with Gasteiger partial charge < -0.3 is 34.7 Å². The Morgan fingerprint density at radius 3 is 2.00 bits per heavy atom. The van der Waals surface area contributed by atoms with E-state index in [9.17, 15) is 0 Å². The normalized spacial score (nSPS) is 8.32. The van der Waals surface area contributed by atoms with E-state index in [0.717, 1.165) is 11.9 Å². The zero-order valence-electron chi connectivity index (χ0n) is 13.8. The molecule has 4 heteroatoms. The molecule has 0 saturated carbocycles. The van der Waals surface area contributed by atoms with E-state index in [1.54, 1.807) is 20.0 Å². The number of hydrogen-bond acceptors (Lipinski definition) is 0. The topological polar surface area (TPSA) is 15.8 Å². The van der Waals surface area contributed by atoms with Crippen molar-refractivity contribution in [3.05, 3.63) is 90.5 Å². The number of benzene rings is 1. The van der Waals surface area contributed by atoms with Crippen molar-refractivity contribution in [2.75, 3.05) is 0 Å². The molecule has 0 aliphatic heterocycles. The summed E-state index contributed by atoms with van der Waals surface area (Å²) in [5.74, 6) is 0. The maximum Gasteiger partial charge on any atom is -0.0745 e. The van der Waals surface area contributed by atoms with Crippen LogP contribution < -0.4 is 0 Å². The van der Waals surface area contributed by atoms with E-state index in [4.69, 9.17) is 0 Å². The van der Waals surface area contributed by atoms with Crippen LogP contribution in [0.5, 0.6) is 0 Å². The standard InChI is InChI=1S/C8H6N.C5H5.4CH3.CH2.2ClH.Ti/c1-2-4-8-7(3-1)5-6-9-8;1-2-4-5-3-1;;;;;;;;/h1-5,9H;1-3H,4H2;4*1H3;1H2;2*1H;/q6*-1;;;;. The maximum absolute atomic E-state index is 3.25. The van der Waals surface area contributed by atoms with E-state index in [0.29, 0.717) is 0 Å². The van der Waals surface area contributed by atoms with Gasteiger partial charge in [-0.05, 0) is 0 Å². The molecule has 1 aromatic heterocycles. The van der Waals surface area contributed by atoms with E-state index < -0.39 is 0 Å². The number of fused-ring (bicyclic) bond motifs is 1. The summed E-state index contributed by atoms with van der Waals surface area (Å²) in [5.41, 5.74) is 1.15. The zero-order chi connectivity index (χ0) is 11.6. The molecule has 0 atom stereocenters. The second-order valence-electron chi connectivity index (χ2n) is 3.00. The second kappa shape index (κ2) is 25.4. The van der Waals surface area contributed by atoms with Crippen LogP contribution in [0.25, 0.3) is 10.9 Å². The molecule has 1 N–H and O–H groups in total. The van der Waals surface area contributed by atoms with Crippen molar-refractivity contribution in [1.29, 1.82) is 0 Å². The van der Waals surface area contributed by atoms with Crippen molar-refractivity contribution >= 4 is 40.5 Å². The Bertz CT molecular complexity index is 438. The first-order valence-corrected chi connectivity index (χ1v) is 6.08. The molecule has 3 rings (SSSR count). The van der Waals surface area contributed by atoms with Crippen molar-refractivity contribution in [2.45, 2.75) is 6.42 Å². The Morgan fingerprint density at radius 1 is 1.00 bits per heavy atom. The zero-order valence-corrected chi connectivity index (χ0v) is 17.0. The first-order valence-electron chi connectivity index (χ1n) is 4.98. The fraction of sp³-hybridized carbons (Fsp3) is 0.0556. The molecule has 1 aromatic carbocycles. The third kappa shape index (κ3) is 14.3. The van der Waals surface area contributed by atoms with E-state index in [-0.39, 0.29) is 54.5 Å². The quantitative estimate of drug-likeness (QED) is 0.436. The summed E-state index contributed by atoms with van der Waals surface area (Å²) >= 11 is 1.75. The summed E-state index contributed by atoms with van der Waals surface area (Å²) in [6, 6.07) is 10.1. The summed E-state index contributed by atoms with van der Waals surface area (Å²) in [5, 5.41) is 1.22. The third-order valence-electron chi connectivity index (χ3n) is 1.98. The van der Waals surface area contributed by atoms with Gasteiger partial charge in [-0.1, -0.05) is 12.1 Å². The number of nitrogens with one attached hydrogen (secondary N) is 1. The molecule has 1 heterocycles. The molecule has 22 heavy (non-hydrogen) atoms. The van der Waals surface area contributed by atoms with Crippen molar-refractivity contribution < 1.29 is 20.0 Å². The Hall–Kier alpha value is -0.596. The fourth-order valence-corrected chi connectivity index (χ4v) is 1.27. The van der Waals surface area contributed by atoms with Crippen LogP contribution in [0, 0.1) is 42.0 Å². The van der Waals surface area contributed by atoms with Crippen LogP contribution in [0.2, 0.25) is 0 Å². The predicted octanol–water partition coefficient (Wildman–Crippen LogP) is 5.88. The smallest absolute Gasteiger partial charge is 0.0745 e. The molecular weight excluding hydrogens is 349 g/mol. The molecule has 0 fully saturated rings. The first kappa shape index (κ1) is 37.6. The number of halogens is 2. The summed E-state index contributed by atoms with van der Waals surface area (Å²) < 4.78 is 0. The first-order chi connectivity index (χ1) is 7.97. The van der Waals surface area contributed by atoms with Crippen LogP contribution in [-0.2, 0) is 20.0 Å². The van der Waals surface area contributed by atoms with Crippen LogP contribution in [-0.4, -0.2) is 9.80 Å². The Balaban J connectivity index is -0.0000000445. The molecule has 1 aliphatic carbocycles. The van der Waals surface area contributed by atoms with Crippen molar-refractivity contribution in [1.82, 2.24) is 4.98 Å². The molecule has 0 radical (unpaired) electrons. The third-order valence-corrected chi connectivity index (χ3v) is 1.98. The fourth-order valence-electron chi connectivity index (χ4n) is 1.27. The van der Waals surface area contributed by atoms with Crippen molar-refractivity contribution in [2.24, 2.45) is 0 Å². The number of aromatic amines is 1. The van der Waals surface area contributed by atoms with Crippen LogP contribution in [0.1, 0.15) is 6.42 Å². The summed E-state index contributed by atoms with van der Waals surface area (Å²) in [6.07, 6.45) is 12.9.